The first-order chi connectivity index (χ1) is 8.10. The fraction of sp³-hybridized carbons (Fsp3) is 0.727. The van der Waals surface area contributed by atoms with Crippen LogP contribution in [0.25, 0.3) is 0 Å². The molecule has 0 atom stereocenters. The first-order valence-electron chi connectivity index (χ1n) is 5.66. The Labute approximate surface area is 100 Å². The standard InChI is InChI=1S/C11H17N3O3/c12-8-11(3-6-17-7-4-11)10(16)14-5-1-2-9(13)15/h1-7H2,(H2,13,15)(H,14,16). The zero-order valence-corrected chi connectivity index (χ0v) is 9.70. The summed E-state index contributed by atoms with van der Waals surface area (Å²) in [5.41, 5.74) is 4.02. The molecule has 0 aromatic rings. The predicted octanol–water partition coefficient (Wildman–Crippen LogP) is -0.312. The number of amides is 2. The molecule has 0 bridgehead atoms. The summed E-state index contributed by atoms with van der Waals surface area (Å²) in [6, 6.07) is 2.08. The highest BCUT2D eigenvalue weighted by atomic mass is 16.5. The van der Waals surface area contributed by atoms with Crippen molar-refractivity contribution in [3.05, 3.63) is 0 Å². The third-order valence-electron chi connectivity index (χ3n) is 2.88. The number of nitriles is 1. The number of carbonyl (C=O) groups excluding carboxylic acids is 2. The van der Waals surface area contributed by atoms with Crippen LogP contribution >= 0.6 is 0 Å². The summed E-state index contributed by atoms with van der Waals surface area (Å²) < 4.78 is 5.14. The van der Waals surface area contributed by atoms with Crippen LogP contribution in [-0.4, -0.2) is 31.6 Å². The minimum absolute atomic E-state index is 0.239. The molecule has 1 saturated heterocycles. The zero-order valence-electron chi connectivity index (χ0n) is 9.70. The third-order valence-corrected chi connectivity index (χ3v) is 2.88. The van der Waals surface area contributed by atoms with Crippen LogP contribution in [0.2, 0.25) is 0 Å². The summed E-state index contributed by atoms with van der Waals surface area (Å²) in [5.74, 6) is -0.659. The van der Waals surface area contributed by atoms with E-state index >= 15 is 0 Å². The van der Waals surface area contributed by atoms with Gasteiger partial charge in [-0.05, 0) is 19.3 Å². The van der Waals surface area contributed by atoms with Crippen molar-refractivity contribution < 1.29 is 14.3 Å². The lowest BCUT2D eigenvalue weighted by Crippen LogP contribution is -2.44. The molecule has 1 aliphatic rings. The average Bonchev–Trinajstić information content (AvgIpc) is 2.35. The van der Waals surface area contributed by atoms with Gasteiger partial charge in [-0.1, -0.05) is 0 Å². The van der Waals surface area contributed by atoms with E-state index in [4.69, 9.17) is 15.7 Å². The van der Waals surface area contributed by atoms with Gasteiger partial charge in [-0.2, -0.15) is 5.26 Å². The monoisotopic (exact) mass is 239 g/mol. The molecule has 6 heteroatoms. The highest BCUT2D eigenvalue weighted by Gasteiger charge is 2.40. The van der Waals surface area contributed by atoms with Gasteiger partial charge >= 0.3 is 0 Å². The maximum atomic E-state index is 11.9. The van der Waals surface area contributed by atoms with Crippen molar-refractivity contribution in [2.24, 2.45) is 11.1 Å². The van der Waals surface area contributed by atoms with Gasteiger partial charge in [0, 0.05) is 26.2 Å². The van der Waals surface area contributed by atoms with Gasteiger partial charge in [0.15, 0.2) is 0 Å². The van der Waals surface area contributed by atoms with Gasteiger partial charge in [-0.25, -0.2) is 0 Å². The summed E-state index contributed by atoms with van der Waals surface area (Å²) in [6.45, 7) is 1.23. The molecule has 2 amide bonds. The van der Waals surface area contributed by atoms with Crippen LogP contribution in [0.1, 0.15) is 25.7 Å². The fourth-order valence-corrected chi connectivity index (χ4v) is 1.74. The molecule has 6 nitrogen and oxygen atoms in total. The number of carbonyl (C=O) groups is 2. The Hall–Kier alpha value is -1.61. The maximum absolute atomic E-state index is 11.9. The molecule has 0 radical (unpaired) electrons. The molecular formula is C11H17N3O3. The summed E-state index contributed by atoms with van der Waals surface area (Å²) in [6.07, 6.45) is 1.58. The molecule has 1 aliphatic heterocycles. The molecule has 0 unspecified atom stereocenters. The van der Waals surface area contributed by atoms with Gasteiger partial charge in [-0.15, -0.1) is 0 Å². The summed E-state index contributed by atoms with van der Waals surface area (Å²) >= 11 is 0. The Bertz CT molecular complexity index is 329. The topological polar surface area (TPSA) is 105 Å². The van der Waals surface area contributed by atoms with Crippen LogP contribution in [0, 0.1) is 16.7 Å². The van der Waals surface area contributed by atoms with E-state index in [1.165, 1.54) is 0 Å². The highest BCUT2D eigenvalue weighted by molar-refractivity contribution is 5.85. The number of nitrogens with zero attached hydrogens (tertiary/aromatic N) is 1. The van der Waals surface area contributed by atoms with E-state index < -0.39 is 5.41 Å². The SMILES string of the molecule is N#CC1(C(=O)NCCCC(N)=O)CCOCC1. The Morgan fingerprint density at radius 1 is 1.41 bits per heavy atom. The Kier molecular flexibility index (Phi) is 4.91. The van der Waals surface area contributed by atoms with Crippen molar-refractivity contribution >= 4 is 11.8 Å². The van der Waals surface area contributed by atoms with Crippen molar-refractivity contribution in [3.63, 3.8) is 0 Å². The quantitative estimate of drug-likeness (QED) is 0.642. The molecule has 1 rings (SSSR count). The zero-order chi connectivity index (χ0) is 12.7. The third kappa shape index (κ3) is 3.71. The molecule has 0 spiro atoms. The van der Waals surface area contributed by atoms with Crippen molar-refractivity contribution in [1.82, 2.24) is 5.32 Å². The maximum Gasteiger partial charge on any atom is 0.240 e. The predicted molar refractivity (Wildman–Crippen MR) is 59.5 cm³/mol. The van der Waals surface area contributed by atoms with Gasteiger partial charge in [0.1, 0.15) is 5.41 Å². The summed E-state index contributed by atoms with van der Waals surface area (Å²) in [4.78, 5) is 22.4. The number of rotatable bonds is 5. The number of nitrogens with two attached hydrogens (primary N) is 1. The normalized spacial score (nSPS) is 18.1. The van der Waals surface area contributed by atoms with Crippen LogP contribution in [0.5, 0.6) is 0 Å². The van der Waals surface area contributed by atoms with Crippen molar-refractivity contribution in [3.8, 4) is 6.07 Å². The minimum atomic E-state index is -0.967. The summed E-state index contributed by atoms with van der Waals surface area (Å²) in [7, 11) is 0. The first-order valence-corrected chi connectivity index (χ1v) is 5.66. The lowest BCUT2D eigenvalue weighted by Gasteiger charge is -2.29. The Balaban J connectivity index is 2.39. The van der Waals surface area contributed by atoms with Crippen molar-refractivity contribution in [2.45, 2.75) is 25.7 Å². The Morgan fingerprint density at radius 2 is 2.06 bits per heavy atom. The lowest BCUT2D eigenvalue weighted by molar-refractivity contribution is -0.132. The van der Waals surface area contributed by atoms with Gasteiger partial charge in [-0.3, -0.25) is 9.59 Å². The van der Waals surface area contributed by atoms with Gasteiger partial charge in [0.2, 0.25) is 11.8 Å². The summed E-state index contributed by atoms with van der Waals surface area (Å²) in [5, 5.41) is 11.8. The van der Waals surface area contributed by atoms with Crippen LogP contribution in [0.3, 0.4) is 0 Å². The highest BCUT2D eigenvalue weighted by Crippen LogP contribution is 2.29. The second-order valence-electron chi connectivity index (χ2n) is 4.13. The molecule has 3 N–H and O–H groups in total. The van der Waals surface area contributed by atoms with Gasteiger partial charge < -0.3 is 15.8 Å². The number of primary amides is 1. The van der Waals surface area contributed by atoms with Crippen LogP contribution in [-0.2, 0) is 14.3 Å². The smallest absolute Gasteiger partial charge is 0.240 e. The first kappa shape index (κ1) is 13.5. The largest absolute Gasteiger partial charge is 0.381 e. The molecule has 17 heavy (non-hydrogen) atoms. The lowest BCUT2D eigenvalue weighted by atomic mass is 9.81. The van der Waals surface area contributed by atoms with E-state index in [1.54, 1.807) is 0 Å². The van der Waals surface area contributed by atoms with Gasteiger partial charge in [0.25, 0.3) is 0 Å². The van der Waals surface area contributed by atoms with E-state index in [-0.39, 0.29) is 18.2 Å². The molecule has 1 heterocycles. The fourth-order valence-electron chi connectivity index (χ4n) is 1.74. The van der Waals surface area contributed by atoms with E-state index in [0.717, 1.165) is 0 Å². The van der Waals surface area contributed by atoms with Crippen molar-refractivity contribution in [1.29, 1.82) is 5.26 Å². The molecular weight excluding hydrogens is 222 g/mol. The second kappa shape index (κ2) is 6.21. The average molecular weight is 239 g/mol. The number of nitrogens with one attached hydrogen (secondary N) is 1. The molecule has 0 saturated carbocycles. The molecule has 0 aliphatic carbocycles. The number of ether oxygens (including phenoxy) is 1. The van der Waals surface area contributed by atoms with E-state index in [2.05, 4.69) is 11.4 Å². The van der Waals surface area contributed by atoms with Crippen LogP contribution in [0.15, 0.2) is 0 Å². The van der Waals surface area contributed by atoms with Crippen LogP contribution < -0.4 is 11.1 Å². The molecule has 0 aromatic carbocycles. The molecule has 1 fully saturated rings. The second-order valence-corrected chi connectivity index (χ2v) is 4.13. The molecule has 0 aromatic heterocycles. The van der Waals surface area contributed by atoms with E-state index in [0.29, 0.717) is 39.0 Å². The van der Waals surface area contributed by atoms with Gasteiger partial charge in [0.05, 0.1) is 6.07 Å². The van der Waals surface area contributed by atoms with Crippen molar-refractivity contribution in [2.75, 3.05) is 19.8 Å². The minimum Gasteiger partial charge on any atom is -0.381 e. The number of hydrogen-bond donors (Lipinski definition) is 2. The van der Waals surface area contributed by atoms with Crippen LogP contribution in [0.4, 0.5) is 0 Å². The van der Waals surface area contributed by atoms with E-state index in [9.17, 15) is 9.59 Å². The molecule has 94 valence electrons. The van der Waals surface area contributed by atoms with E-state index in [1.807, 2.05) is 0 Å². The number of hydrogen-bond acceptors (Lipinski definition) is 4. The Morgan fingerprint density at radius 3 is 2.59 bits per heavy atom.